The Hall–Kier alpha value is -5.56. The van der Waals surface area contributed by atoms with Crippen LogP contribution in [0.1, 0.15) is 62.7 Å². The molecule has 0 radical (unpaired) electrons. The van der Waals surface area contributed by atoms with Crippen molar-refractivity contribution in [2.75, 3.05) is 22.9 Å². The predicted octanol–water partition coefficient (Wildman–Crippen LogP) is 6.70. The summed E-state index contributed by atoms with van der Waals surface area (Å²) in [6.45, 7) is 4.70. The molecule has 1 aliphatic carbocycles. The summed E-state index contributed by atoms with van der Waals surface area (Å²) in [6, 6.07) is 18.7. The molecular weight excluding hydrogens is 518 g/mol. The van der Waals surface area contributed by atoms with E-state index in [0.29, 0.717) is 11.3 Å². The molecule has 0 saturated heterocycles. The van der Waals surface area contributed by atoms with Crippen LogP contribution in [0, 0.1) is 18.3 Å². The lowest BCUT2D eigenvalue weighted by Crippen LogP contribution is -2.21. The molecule has 4 aromatic rings. The predicted molar refractivity (Wildman–Crippen MR) is 157 cm³/mol. The number of nitrogen functional groups attached to an aromatic ring is 1. The Kier molecular flexibility index (Phi) is 7.43. The minimum atomic E-state index is -0.475. The lowest BCUT2D eigenvalue weighted by atomic mass is 9.83. The van der Waals surface area contributed by atoms with Gasteiger partial charge in [-0.25, -0.2) is 4.98 Å². The monoisotopic (exact) mass is 545 g/mol. The zero-order valence-electron chi connectivity index (χ0n) is 22.5. The van der Waals surface area contributed by atoms with Gasteiger partial charge in [-0.3, -0.25) is 9.59 Å². The fourth-order valence-corrected chi connectivity index (χ4v) is 4.68. The van der Waals surface area contributed by atoms with Gasteiger partial charge in [0.15, 0.2) is 17.4 Å². The largest absolute Gasteiger partial charge is 0.507 e. The molecule has 1 aliphatic rings. The highest BCUT2D eigenvalue weighted by molar-refractivity contribution is 6.30. The lowest BCUT2D eigenvalue weighted by Gasteiger charge is -2.19. The van der Waals surface area contributed by atoms with E-state index in [4.69, 9.17) is 5.73 Å². The number of pyridine rings is 1. The Morgan fingerprint density at radius 2 is 1.61 bits per heavy atom. The summed E-state index contributed by atoms with van der Waals surface area (Å²) in [5, 5.41) is 35.2. The molecule has 5 rings (SSSR count). The van der Waals surface area contributed by atoms with Gasteiger partial charge in [0, 0.05) is 34.6 Å². The van der Waals surface area contributed by atoms with Gasteiger partial charge in [-0.05, 0) is 49.7 Å². The van der Waals surface area contributed by atoms with E-state index >= 15 is 0 Å². The van der Waals surface area contributed by atoms with Gasteiger partial charge < -0.3 is 21.5 Å². The summed E-state index contributed by atoms with van der Waals surface area (Å²) >= 11 is 0. The number of ketones is 2. The molecule has 0 unspecified atom stereocenters. The van der Waals surface area contributed by atoms with Crippen molar-refractivity contribution in [2.24, 2.45) is 10.2 Å². The molecule has 0 saturated carbocycles. The third-order valence-electron chi connectivity index (χ3n) is 6.85. The van der Waals surface area contributed by atoms with Crippen LogP contribution >= 0.6 is 0 Å². The van der Waals surface area contributed by atoms with Crippen LogP contribution in [-0.4, -0.2) is 28.2 Å². The van der Waals surface area contributed by atoms with E-state index < -0.39 is 11.6 Å². The number of nitrogens with one attached hydrogen (secondary N) is 2. The molecule has 0 aliphatic heterocycles. The average Bonchev–Trinajstić information content (AvgIpc) is 2.96. The van der Waals surface area contributed by atoms with Gasteiger partial charge in [0.1, 0.15) is 23.3 Å². The molecule has 0 atom stereocenters. The zero-order chi connectivity index (χ0) is 29.1. The number of hydrogen-bond donors (Lipinski definition) is 4. The van der Waals surface area contributed by atoms with Crippen LogP contribution in [0.15, 0.2) is 70.9 Å². The van der Waals surface area contributed by atoms with Crippen LogP contribution in [0.3, 0.4) is 0 Å². The van der Waals surface area contributed by atoms with Crippen LogP contribution in [-0.2, 0) is 0 Å². The third kappa shape index (κ3) is 5.08. The molecule has 3 aromatic carbocycles. The molecule has 1 aromatic heterocycles. The van der Waals surface area contributed by atoms with Crippen molar-refractivity contribution < 1.29 is 14.7 Å². The minimum absolute atomic E-state index is 0.0330. The molecule has 41 heavy (non-hydrogen) atoms. The Balaban J connectivity index is 1.53. The van der Waals surface area contributed by atoms with E-state index in [1.807, 2.05) is 24.3 Å². The third-order valence-corrected chi connectivity index (χ3v) is 6.85. The first kappa shape index (κ1) is 27.0. The number of nitrogens with two attached hydrogens (primary N) is 1. The molecule has 0 bridgehead atoms. The highest BCUT2D eigenvalue weighted by atomic mass is 16.3. The van der Waals surface area contributed by atoms with Crippen LogP contribution in [0.4, 0.5) is 34.4 Å². The topological polar surface area (TPSA) is 166 Å². The van der Waals surface area contributed by atoms with Crippen LogP contribution < -0.4 is 16.4 Å². The van der Waals surface area contributed by atoms with Crippen molar-refractivity contribution in [2.45, 2.75) is 26.7 Å². The van der Waals surface area contributed by atoms with Crippen molar-refractivity contribution in [1.29, 1.82) is 5.26 Å². The van der Waals surface area contributed by atoms with E-state index in [1.165, 1.54) is 24.3 Å². The molecular formula is C31H27N7O3. The highest BCUT2D eigenvalue weighted by Crippen LogP contribution is 2.39. The summed E-state index contributed by atoms with van der Waals surface area (Å²) in [6.07, 6.45) is 2.17. The van der Waals surface area contributed by atoms with Gasteiger partial charge in [-0.1, -0.05) is 37.6 Å². The Morgan fingerprint density at radius 3 is 2.32 bits per heavy atom. The number of carbonyl (C=O) groups excluding carboxylic acids is 2. The maximum absolute atomic E-state index is 13.4. The fraction of sp³-hybridized carbons (Fsp3) is 0.161. The number of azo groups is 1. The fourth-order valence-electron chi connectivity index (χ4n) is 4.68. The standard InChI is InChI=1S/C31H27N7O3/c1-3-4-15-34-18-11-13-19(14-12-18)35-31-27(17(2)22(16-32)30(33)36-31)38-37-23-9-5-7-20-25(23)28(40)21-8-6-10-24(39)26(21)29(20)41/h5-14,34,39H,3-4,15H2,1-2H3,(H3,33,35,36)/b38-37+. The van der Waals surface area contributed by atoms with Gasteiger partial charge in [-0.2, -0.15) is 5.26 Å². The number of hydrogen-bond acceptors (Lipinski definition) is 10. The zero-order valence-corrected chi connectivity index (χ0v) is 22.5. The van der Waals surface area contributed by atoms with Crippen molar-refractivity contribution >= 4 is 46.0 Å². The number of aromatic hydroxyl groups is 1. The van der Waals surface area contributed by atoms with Crippen molar-refractivity contribution in [3.8, 4) is 11.8 Å². The summed E-state index contributed by atoms with van der Waals surface area (Å²) in [5.41, 5.74) is 9.07. The number of phenols is 1. The molecule has 5 N–H and O–H groups in total. The summed E-state index contributed by atoms with van der Waals surface area (Å²) in [5.74, 6) is -0.866. The summed E-state index contributed by atoms with van der Waals surface area (Å²) in [7, 11) is 0. The lowest BCUT2D eigenvalue weighted by molar-refractivity contribution is 0.0977. The number of anilines is 4. The van der Waals surface area contributed by atoms with E-state index in [-0.39, 0.29) is 56.6 Å². The maximum Gasteiger partial charge on any atom is 0.198 e. The van der Waals surface area contributed by atoms with Gasteiger partial charge in [0.2, 0.25) is 0 Å². The number of nitriles is 1. The second kappa shape index (κ2) is 11.3. The first-order valence-corrected chi connectivity index (χ1v) is 13.1. The second-order valence-corrected chi connectivity index (χ2v) is 9.55. The van der Waals surface area contributed by atoms with Gasteiger partial charge >= 0.3 is 0 Å². The van der Waals surface area contributed by atoms with E-state index in [2.05, 4.69) is 38.8 Å². The number of benzene rings is 3. The van der Waals surface area contributed by atoms with Crippen LogP contribution in [0.2, 0.25) is 0 Å². The number of unbranched alkanes of at least 4 members (excludes halogenated alkanes) is 1. The van der Waals surface area contributed by atoms with Crippen LogP contribution in [0.5, 0.6) is 5.75 Å². The molecule has 1 heterocycles. The van der Waals surface area contributed by atoms with E-state index in [0.717, 1.165) is 25.1 Å². The SMILES string of the molecule is CCCCNc1ccc(Nc2nc(N)c(C#N)c(C)c2/N=N/c2cccc3c2C(=O)c2cccc(O)c2C3=O)cc1. The van der Waals surface area contributed by atoms with Gasteiger partial charge in [-0.15, -0.1) is 10.2 Å². The summed E-state index contributed by atoms with van der Waals surface area (Å²) < 4.78 is 0. The minimum Gasteiger partial charge on any atom is -0.507 e. The quantitative estimate of drug-likeness (QED) is 0.123. The number of fused-ring (bicyclic) bond motifs is 2. The molecule has 10 nitrogen and oxygen atoms in total. The molecule has 0 amide bonds. The smallest absolute Gasteiger partial charge is 0.198 e. The number of phenolic OH excluding ortho intramolecular Hbond substituents is 1. The number of aromatic nitrogens is 1. The first-order chi connectivity index (χ1) is 19.8. The number of rotatable bonds is 8. The number of carbonyl (C=O) groups is 2. The molecule has 10 heteroatoms. The van der Waals surface area contributed by atoms with Crippen molar-refractivity contribution in [3.05, 3.63) is 94.0 Å². The molecule has 0 spiro atoms. The Bertz CT molecular complexity index is 1760. The number of nitrogens with zero attached hydrogens (tertiary/aromatic N) is 4. The van der Waals surface area contributed by atoms with Crippen molar-refractivity contribution in [3.63, 3.8) is 0 Å². The maximum atomic E-state index is 13.4. The normalized spacial score (nSPS) is 12.1. The van der Waals surface area contributed by atoms with Gasteiger partial charge in [0.25, 0.3) is 0 Å². The molecule has 204 valence electrons. The van der Waals surface area contributed by atoms with Crippen molar-refractivity contribution in [1.82, 2.24) is 4.98 Å². The first-order valence-electron chi connectivity index (χ1n) is 13.1. The highest BCUT2D eigenvalue weighted by Gasteiger charge is 2.33. The van der Waals surface area contributed by atoms with Gasteiger partial charge in [0.05, 0.1) is 22.4 Å². The average molecular weight is 546 g/mol. The van der Waals surface area contributed by atoms with E-state index in [1.54, 1.807) is 19.1 Å². The summed E-state index contributed by atoms with van der Waals surface area (Å²) in [4.78, 5) is 31.0. The Labute approximate surface area is 236 Å². The van der Waals surface area contributed by atoms with Crippen LogP contribution in [0.25, 0.3) is 0 Å². The van der Waals surface area contributed by atoms with E-state index in [9.17, 15) is 20.0 Å². The Morgan fingerprint density at radius 1 is 0.951 bits per heavy atom. The molecule has 0 fully saturated rings. The second-order valence-electron chi connectivity index (χ2n) is 9.55.